The van der Waals surface area contributed by atoms with Crippen LogP contribution in [0.5, 0.6) is 0 Å². The van der Waals surface area contributed by atoms with Crippen molar-refractivity contribution in [2.75, 3.05) is 20.3 Å². The Balaban J connectivity index is 2.40. The quantitative estimate of drug-likeness (QED) is 0.803. The van der Waals surface area contributed by atoms with Gasteiger partial charge in [0.15, 0.2) is 0 Å². The predicted molar refractivity (Wildman–Crippen MR) is 61.1 cm³/mol. The second-order valence-corrected chi connectivity index (χ2v) is 5.02. The number of methoxy groups -OCH3 is 1. The van der Waals surface area contributed by atoms with E-state index in [1.807, 2.05) is 0 Å². The van der Waals surface area contributed by atoms with Crippen LogP contribution in [0, 0.1) is 5.41 Å². The van der Waals surface area contributed by atoms with E-state index in [9.17, 15) is 18.0 Å². The first-order valence-electron chi connectivity index (χ1n) is 6.19. The van der Waals surface area contributed by atoms with Crippen LogP contribution in [0.15, 0.2) is 0 Å². The lowest BCUT2D eigenvalue weighted by Crippen LogP contribution is -2.38. The van der Waals surface area contributed by atoms with E-state index in [1.54, 1.807) is 7.11 Å². The lowest BCUT2D eigenvalue weighted by molar-refractivity contribution is -0.154. The number of ether oxygens (including phenoxy) is 1. The van der Waals surface area contributed by atoms with Crippen LogP contribution in [0.4, 0.5) is 13.2 Å². The number of nitrogens with one attached hydrogen (secondary N) is 1. The third kappa shape index (κ3) is 5.25. The van der Waals surface area contributed by atoms with Gasteiger partial charge in [0.2, 0.25) is 5.91 Å². The normalized spacial score (nSPS) is 18.9. The number of hydrogen-bond donors (Lipinski definition) is 1. The predicted octanol–water partition coefficient (Wildman–Crippen LogP) is 2.65. The number of alkyl halides is 3. The van der Waals surface area contributed by atoms with Gasteiger partial charge in [-0.1, -0.05) is 12.8 Å². The van der Waals surface area contributed by atoms with Gasteiger partial charge in [-0.15, -0.1) is 0 Å². The fourth-order valence-electron chi connectivity index (χ4n) is 2.49. The molecule has 0 saturated heterocycles. The maximum Gasteiger partial charge on any atom is 0.397 e. The van der Waals surface area contributed by atoms with Gasteiger partial charge < -0.3 is 10.1 Å². The molecule has 0 aliphatic heterocycles. The molecule has 6 heteroatoms. The molecule has 1 amide bonds. The summed E-state index contributed by atoms with van der Waals surface area (Å²) in [5, 5.41) is 2.42. The molecule has 0 bridgehead atoms. The summed E-state index contributed by atoms with van der Waals surface area (Å²) in [4.78, 5) is 11.2. The maximum atomic E-state index is 12.0. The molecular weight excluding hydrogens is 247 g/mol. The molecule has 18 heavy (non-hydrogen) atoms. The van der Waals surface area contributed by atoms with Crippen LogP contribution in [0.25, 0.3) is 0 Å². The highest BCUT2D eigenvalue weighted by Gasteiger charge is 2.35. The molecule has 0 aromatic rings. The minimum Gasteiger partial charge on any atom is -0.385 e. The summed E-state index contributed by atoms with van der Waals surface area (Å²) in [6, 6.07) is 0. The van der Waals surface area contributed by atoms with Gasteiger partial charge in [0.1, 0.15) is 6.42 Å². The molecule has 0 atom stereocenters. The molecule has 0 unspecified atom stereocenters. The molecule has 0 heterocycles. The van der Waals surface area contributed by atoms with E-state index in [0.717, 1.165) is 32.1 Å². The smallest absolute Gasteiger partial charge is 0.385 e. The Bertz CT molecular complexity index is 273. The molecule has 0 aromatic carbocycles. The number of rotatable bonds is 6. The molecule has 3 nitrogen and oxygen atoms in total. The molecule has 0 aromatic heterocycles. The highest BCUT2D eigenvalue weighted by Crippen LogP contribution is 2.40. The van der Waals surface area contributed by atoms with E-state index in [4.69, 9.17) is 4.74 Å². The van der Waals surface area contributed by atoms with Crippen LogP contribution in [-0.2, 0) is 9.53 Å². The van der Waals surface area contributed by atoms with Crippen LogP contribution in [-0.4, -0.2) is 32.3 Å². The van der Waals surface area contributed by atoms with Crippen molar-refractivity contribution in [3.8, 4) is 0 Å². The van der Waals surface area contributed by atoms with Gasteiger partial charge in [-0.05, 0) is 24.7 Å². The number of carbonyl (C=O) groups is 1. The molecule has 0 spiro atoms. The van der Waals surface area contributed by atoms with Gasteiger partial charge in [-0.25, -0.2) is 0 Å². The SMILES string of the molecule is COCCC1(CNC(=O)CC(F)(F)F)CCCC1. The molecule has 1 fully saturated rings. The Morgan fingerprint density at radius 1 is 1.33 bits per heavy atom. The van der Waals surface area contributed by atoms with E-state index in [2.05, 4.69) is 5.32 Å². The van der Waals surface area contributed by atoms with Crippen molar-refractivity contribution in [1.29, 1.82) is 0 Å². The zero-order valence-corrected chi connectivity index (χ0v) is 10.6. The third-order valence-electron chi connectivity index (χ3n) is 3.52. The molecular formula is C12H20F3NO2. The van der Waals surface area contributed by atoms with Crippen LogP contribution in [0.2, 0.25) is 0 Å². The van der Waals surface area contributed by atoms with Crippen molar-refractivity contribution < 1.29 is 22.7 Å². The minimum atomic E-state index is -4.43. The Hall–Kier alpha value is -0.780. The van der Waals surface area contributed by atoms with Crippen molar-refractivity contribution in [2.45, 2.75) is 44.7 Å². The van der Waals surface area contributed by atoms with Crippen molar-refractivity contribution in [3.05, 3.63) is 0 Å². The van der Waals surface area contributed by atoms with Gasteiger partial charge in [0, 0.05) is 20.3 Å². The van der Waals surface area contributed by atoms with Gasteiger partial charge in [-0.3, -0.25) is 4.79 Å². The van der Waals surface area contributed by atoms with Crippen LogP contribution >= 0.6 is 0 Å². The van der Waals surface area contributed by atoms with Crippen molar-refractivity contribution in [1.82, 2.24) is 5.32 Å². The zero-order valence-electron chi connectivity index (χ0n) is 10.6. The zero-order chi connectivity index (χ0) is 13.6. The van der Waals surface area contributed by atoms with Crippen LogP contribution in [0.3, 0.4) is 0 Å². The Morgan fingerprint density at radius 2 is 1.94 bits per heavy atom. The summed E-state index contributed by atoms with van der Waals surface area (Å²) >= 11 is 0. The summed E-state index contributed by atoms with van der Waals surface area (Å²) in [6.45, 7) is 0.903. The average molecular weight is 267 g/mol. The maximum absolute atomic E-state index is 12.0. The Morgan fingerprint density at radius 3 is 2.44 bits per heavy atom. The second kappa shape index (κ2) is 6.41. The van der Waals surface area contributed by atoms with Crippen molar-refractivity contribution >= 4 is 5.91 Å². The summed E-state index contributed by atoms with van der Waals surface area (Å²) in [6.07, 6.45) is -1.01. The molecule has 0 radical (unpaired) electrons. The Labute approximate surface area is 105 Å². The monoisotopic (exact) mass is 267 g/mol. The molecule has 1 saturated carbocycles. The number of carbonyl (C=O) groups excluding carboxylic acids is 1. The summed E-state index contributed by atoms with van der Waals surface area (Å²) in [5.41, 5.74) is -0.0722. The van der Waals surface area contributed by atoms with E-state index in [1.165, 1.54) is 0 Å². The molecule has 106 valence electrons. The summed E-state index contributed by atoms with van der Waals surface area (Å²) in [5.74, 6) is -0.939. The van der Waals surface area contributed by atoms with Gasteiger partial charge in [0.05, 0.1) is 0 Å². The minimum absolute atomic E-state index is 0.0722. The number of amides is 1. The highest BCUT2D eigenvalue weighted by atomic mass is 19.4. The van der Waals surface area contributed by atoms with Gasteiger partial charge in [-0.2, -0.15) is 13.2 Å². The lowest BCUT2D eigenvalue weighted by Gasteiger charge is -2.29. The largest absolute Gasteiger partial charge is 0.397 e. The molecule has 1 N–H and O–H groups in total. The number of hydrogen-bond acceptors (Lipinski definition) is 2. The van der Waals surface area contributed by atoms with Gasteiger partial charge >= 0.3 is 6.18 Å². The fraction of sp³-hybridized carbons (Fsp3) is 0.917. The van der Waals surface area contributed by atoms with E-state index in [-0.39, 0.29) is 5.41 Å². The summed E-state index contributed by atoms with van der Waals surface area (Å²) < 4.78 is 41.1. The van der Waals surface area contributed by atoms with Crippen LogP contribution < -0.4 is 5.32 Å². The van der Waals surface area contributed by atoms with E-state index >= 15 is 0 Å². The summed E-state index contributed by atoms with van der Waals surface area (Å²) in [7, 11) is 1.60. The topological polar surface area (TPSA) is 38.3 Å². The Kier molecular flexibility index (Phi) is 5.44. The first kappa shape index (κ1) is 15.3. The van der Waals surface area contributed by atoms with Crippen molar-refractivity contribution in [2.24, 2.45) is 5.41 Å². The van der Waals surface area contributed by atoms with Crippen molar-refractivity contribution in [3.63, 3.8) is 0 Å². The van der Waals surface area contributed by atoms with Crippen LogP contribution in [0.1, 0.15) is 38.5 Å². The second-order valence-electron chi connectivity index (χ2n) is 5.02. The number of halogens is 3. The molecule has 1 aliphatic carbocycles. The van der Waals surface area contributed by atoms with E-state index < -0.39 is 18.5 Å². The van der Waals surface area contributed by atoms with Gasteiger partial charge in [0.25, 0.3) is 0 Å². The lowest BCUT2D eigenvalue weighted by atomic mass is 9.83. The van der Waals surface area contributed by atoms with E-state index in [0.29, 0.717) is 13.2 Å². The average Bonchev–Trinajstić information content (AvgIpc) is 2.71. The third-order valence-corrected chi connectivity index (χ3v) is 3.52. The highest BCUT2D eigenvalue weighted by molar-refractivity contribution is 5.76. The molecule has 1 aliphatic rings. The fourth-order valence-corrected chi connectivity index (χ4v) is 2.49. The standard InChI is InChI=1S/C12H20F3NO2/c1-18-7-6-11(4-2-3-5-11)9-16-10(17)8-12(13,14)15/h2-9H2,1H3,(H,16,17). The first-order chi connectivity index (χ1) is 8.37. The first-order valence-corrected chi connectivity index (χ1v) is 6.19. The molecule has 1 rings (SSSR count).